The van der Waals surface area contributed by atoms with Gasteiger partial charge in [-0.1, -0.05) is 0 Å². The average Bonchev–Trinajstić information content (AvgIpc) is 2.66. The standard InChI is InChI=1S/C9H11BrN2OS/c10-7-3-12(4-8(11)9(7)13)6-1-2-14-5-6/h3-4,6H,1-2,5,11H2. The first-order chi connectivity index (χ1) is 6.68. The summed E-state index contributed by atoms with van der Waals surface area (Å²) < 4.78 is 2.59. The summed E-state index contributed by atoms with van der Waals surface area (Å²) in [6, 6.07) is 0.485. The molecule has 76 valence electrons. The van der Waals surface area contributed by atoms with Crippen LogP contribution in [0.25, 0.3) is 0 Å². The minimum atomic E-state index is -0.119. The Morgan fingerprint density at radius 2 is 2.36 bits per heavy atom. The number of thioether (sulfide) groups is 1. The highest BCUT2D eigenvalue weighted by atomic mass is 79.9. The van der Waals surface area contributed by atoms with Crippen LogP contribution in [-0.4, -0.2) is 16.1 Å². The van der Waals surface area contributed by atoms with E-state index < -0.39 is 0 Å². The second-order valence-corrected chi connectivity index (χ2v) is 5.36. The van der Waals surface area contributed by atoms with Crippen LogP contribution in [0, 0.1) is 0 Å². The second-order valence-electron chi connectivity index (χ2n) is 3.36. The van der Waals surface area contributed by atoms with Crippen LogP contribution < -0.4 is 11.2 Å². The summed E-state index contributed by atoms with van der Waals surface area (Å²) in [6.07, 6.45) is 4.72. The Kier molecular flexibility index (Phi) is 2.88. The molecular weight excluding hydrogens is 264 g/mol. The van der Waals surface area contributed by atoms with Gasteiger partial charge in [-0.15, -0.1) is 0 Å². The fourth-order valence-corrected chi connectivity index (χ4v) is 3.23. The fourth-order valence-electron chi connectivity index (χ4n) is 1.55. The van der Waals surface area contributed by atoms with Crippen LogP contribution in [-0.2, 0) is 0 Å². The largest absolute Gasteiger partial charge is 0.394 e. The molecule has 0 amide bonds. The first kappa shape index (κ1) is 10.1. The summed E-state index contributed by atoms with van der Waals surface area (Å²) in [5.74, 6) is 2.29. The first-order valence-corrected chi connectivity index (χ1v) is 6.38. The van der Waals surface area contributed by atoms with E-state index in [4.69, 9.17) is 5.73 Å². The van der Waals surface area contributed by atoms with Crippen molar-refractivity contribution in [2.75, 3.05) is 17.2 Å². The van der Waals surface area contributed by atoms with Gasteiger partial charge in [0.15, 0.2) is 0 Å². The van der Waals surface area contributed by atoms with E-state index in [1.165, 1.54) is 5.75 Å². The van der Waals surface area contributed by atoms with E-state index in [0.29, 0.717) is 16.2 Å². The molecule has 1 aromatic rings. The van der Waals surface area contributed by atoms with E-state index in [1.54, 1.807) is 6.20 Å². The molecule has 2 heterocycles. The highest BCUT2D eigenvalue weighted by molar-refractivity contribution is 9.10. The van der Waals surface area contributed by atoms with E-state index in [1.807, 2.05) is 22.5 Å². The Balaban J connectivity index is 2.39. The zero-order chi connectivity index (χ0) is 10.1. The molecule has 1 unspecified atom stereocenters. The Hall–Kier alpha value is -0.420. The number of nitrogen functional groups attached to an aromatic ring is 1. The molecule has 1 aliphatic heterocycles. The molecule has 0 spiro atoms. The van der Waals surface area contributed by atoms with Crippen molar-refractivity contribution in [3.8, 4) is 0 Å². The minimum Gasteiger partial charge on any atom is -0.394 e. The van der Waals surface area contributed by atoms with Crippen LogP contribution in [0.4, 0.5) is 5.69 Å². The molecule has 14 heavy (non-hydrogen) atoms. The SMILES string of the molecule is Nc1cn(C2CCSC2)cc(Br)c1=O. The first-order valence-electron chi connectivity index (χ1n) is 4.43. The summed E-state index contributed by atoms with van der Waals surface area (Å²) >= 11 is 5.16. The van der Waals surface area contributed by atoms with E-state index in [9.17, 15) is 4.79 Å². The molecule has 0 aliphatic carbocycles. The molecule has 1 saturated heterocycles. The number of rotatable bonds is 1. The third-order valence-electron chi connectivity index (χ3n) is 2.36. The van der Waals surface area contributed by atoms with Gasteiger partial charge in [0.05, 0.1) is 10.2 Å². The van der Waals surface area contributed by atoms with Gasteiger partial charge in [-0.3, -0.25) is 4.79 Å². The van der Waals surface area contributed by atoms with Crippen LogP contribution in [0.15, 0.2) is 21.7 Å². The van der Waals surface area contributed by atoms with Crippen LogP contribution in [0.5, 0.6) is 0 Å². The van der Waals surface area contributed by atoms with Crippen molar-refractivity contribution >= 4 is 33.4 Å². The Morgan fingerprint density at radius 3 is 2.93 bits per heavy atom. The Bertz CT molecular complexity index is 372. The van der Waals surface area contributed by atoms with Gasteiger partial charge in [0, 0.05) is 24.2 Å². The van der Waals surface area contributed by atoms with Crippen LogP contribution in [0.3, 0.4) is 0 Å². The summed E-state index contributed by atoms with van der Waals surface area (Å²) in [4.78, 5) is 11.3. The maximum Gasteiger partial charge on any atom is 0.218 e. The summed E-state index contributed by atoms with van der Waals surface area (Å²) in [6.45, 7) is 0. The quantitative estimate of drug-likeness (QED) is 0.851. The normalized spacial score (nSPS) is 21.4. The number of pyridine rings is 1. The molecule has 0 bridgehead atoms. The predicted molar refractivity (Wildman–Crippen MR) is 63.8 cm³/mol. The number of nitrogens with zero attached hydrogens (tertiary/aromatic N) is 1. The molecule has 3 nitrogen and oxygen atoms in total. The Morgan fingerprint density at radius 1 is 1.57 bits per heavy atom. The minimum absolute atomic E-state index is 0.119. The molecule has 0 aromatic carbocycles. The van der Waals surface area contributed by atoms with Crippen molar-refractivity contribution in [3.05, 3.63) is 27.1 Å². The zero-order valence-electron chi connectivity index (χ0n) is 7.57. The number of hydrogen-bond donors (Lipinski definition) is 1. The highest BCUT2D eigenvalue weighted by Gasteiger charge is 2.17. The third kappa shape index (κ3) is 1.83. The monoisotopic (exact) mass is 274 g/mol. The number of nitrogens with two attached hydrogens (primary N) is 1. The van der Waals surface area contributed by atoms with Gasteiger partial charge < -0.3 is 10.3 Å². The van der Waals surface area contributed by atoms with Crippen LogP contribution >= 0.6 is 27.7 Å². The van der Waals surface area contributed by atoms with E-state index in [0.717, 1.165) is 12.2 Å². The van der Waals surface area contributed by atoms with Crippen molar-refractivity contribution < 1.29 is 0 Å². The molecule has 1 atom stereocenters. The lowest BCUT2D eigenvalue weighted by Gasteiger charge is -2.14. The molecule has 1 aromatic heterocycles. The second kappa shape index (κ2) is 3.98. The molecule has 1 fully saturated rings. The number of hydrogen-bond acceptors (Lipinski definition) is 3. The topological polar surface area (TPSA) is 48.0 Å². The number of anilines is 1. The molecular formula is C9H11BrN2OS. The zero-order valence-corrected chi connectivity index (χ0v) is 9.97. The summed E-state index contributed by atoms with van der Waals surface area (Å²) in [5, 5.41) is 0. The average molecular weight is 275 g/mol. The highest BCUT2D eigenvalue weighted by Crippen LogP contribution is 2.28. The van der Waals surface area contributed by atoms with Crippen molar-refractivity contribution in [2.24, 2.45) is 0 Å². The van der Waals surface area contributed by atoms with Gasteiger partial charge in [0.1, 0.15) is 0 Å². The van der Waals surface area contributed by atoms with Crippen molar-refractivity contribution in [2.45, 2.75) is 12.5 Å². The van der Waals surface area contributed by atoms with Gasteiger partial charge in [-0.2, -0.15) is 11.8 Å². The number of aromatic nitrogens is 1. The summed E-state index contributed by atoms with van der Waals surface area (Å²) in [5.41, 5.74) is 5.82. The molecule has 0 saturated carbocycles. The number of halogens is 1. The van der Waals surface area contributed by atoms with Crippen molar-refractivity contribution in [1.29, 1.82) is 0 Å². The maximum absolute atomic E-state index is 11.3. The maximum atomic E-state index is 11.3. The van der Waals surface area contributed by atoms with Crippen molar-refractivity contribution in [1.82, 2.24) is 4.57 Å². The summed E-state index contributed by atoms with van der Waals surface area (Å²) in [7, 11) is 0. The Labute approximate surface area is 94.8 Å². The third-order valence-corrected chi connectivity index (χ3v) is 4.07. The molecule has 2 N–H and O–H groups in total. The molecule has 2 rings (SSSR count). The fraction of sp³-hybridized carbons (Fsp3) is 0.444. The van der Waals surface area contributed by atoms with Gasteiger partial charge in [-0.25, -0.2) is 0 Å². The van der Waals surface area contributed by atoms with E-state index in [2.05, 4.69) is 15.9 Å². The van der Waals surface area contributed by atoms with E-state index in [-0.39, 0.29) is 5.43 Å². The van der Waals surface area contributed by atoms with Gasteiger partial charge >= 0.3 is 0 Å². The lowest BCUT2D eigenvalue weighted by Crippen LogP contribution is -2.16. The van der Waals surface area contributed by atoms with Gasteiger partial charge in [-0.05, 0) is 28.1 Å². The smallest absolute Gasteiger partial charge is 0.218 e. The lowest BCUT2D eigenvalue weighted by atomic mass is 10.2. The lowest BCUT2D eigenvalue weighted by molar-refractivity contribution is 0.556. The molecule has 1 aliphatic rings. The predicted octanol–water partition coefficient (Wildman–Crippen LogP) is 1.87. The molecule has 0 radical (unpaired) electrons. The van der Waals surface area contributed by atoms with Crippen LogP contribution in [0.1, 0.15) is 12.5 Å². The van der Waals surface area contributed by atoms with Crippen LogP contribution in [0.2, 0.25) is 0 Å². The molecule has 5 heteroatoms. The van der Waals surface area contributed by atoms with Gasteiger partial charge in [0.2, 0.25) is 5.43 Å². The van der Waals surface area contributed by atoms with Gasteiger partial charge in [0.25, 0.3) is 0 Å². The van der Waals surface area contributed by atoms with Crippen molar-refractivity contribution in [3.63, 3.8) is 0 Å². The van der Waals surface area contributed by atoms with E-state index >= 15 is 0 Å².